The zero-order valence-corrected chi connectivity index (χ0v) is 25.4. The second-order valence-corrected chi connectivity index (χ2v) is 10.2. The number of anilines is 1. The summed E-state index contributed by atoms with van der Waals surface area (Å²) in [6, 6.07) is 15.6. The van der Waals surface area contributed by atoms with E-state index in [2.05, 4.69) is 15.5 Å². The molecule has 13 heteroatoms. The number of carbonyl (C=O) groups excluding carboxylic acids is 1. The van der Waals surface area contributed by atoms with Gasteiger partial charge in [0.25, 0.3) is 16.0 Å². The number of rotatable bonds is 7. The fourth-order valence-electron chi connectivity index (χ4n) is 3.74. The Morgan fingerprint density at radius 2 is 1.72 bits per heavy atom. The number of azo groups is 1. The van der Waals surface area contributed by atoms with Crippen molar-refractivity contribution < 1.29 is 57.2 Å². The molecule has 0 atom stereocenters. The Kier molecular flexibility index (Phi) is 10.0. The number of hydrogen-bond donors (Lipinski definition) is 2. The van der Waals surface area contributed by atoms with E-state index in [9.17, 15) is 22.9 Å². The van der Waals surface area contributed by atoms with Crippen LogP contribution >= 0.6 is 23.2 Å². The van der Waals surface area contributed by atoms with Gasteiger partial charge in [-0.25, -0.2) is 0 Å². The van der Waals surface area contributed by atoms with E-state index >= 15 is 0 Å². The van der Waals surface area contributed by atoms with Crippen molar-refractivity contribution in [3.8, 4) is 11.5 Å². The Labute approximate surface area is 256 Å². The summed E-state index contributed by atoms with van der Waals surface area (Å²) in [7, 11) is -4.76. The van der Waals surface area contributed by atoms with E-state index in [-0.39, 0.29) is 56.5 Å². The van der Waals surface area contributed by atoms with Gasteiger partial charge in [-0.15, -0.1) is 5.11 Å². The minimum absolute atomic E-state index is 0. The topological polar surface area (TPSA) is 140 Å². The largest absolute Gasteiger partial charge is 1.00 e. The van der Waals surface area contributed by atoms with Crippen molar-refractivity contribution in [2.75, 3.05) is 11.9 Å². The van der Waals surface area contributed by atoms with Crippen LogP contribution in [0.5, 0.6) is 11.5 Å². The van der Waals surface area contributed by atoms with Crippen LogP contribution in [-0.4, -0.2) is 25.5 Å². The summed E-state index contributed by atoms with van der Waals surface area (Å²) in [5.74, 6) is -1.00. The number of hydrogen-bond acceptors (Lipinski definition) is 7. The van der Waals surface area contributed by atoms with Crippen molar-refractivity contribution in [1.82, 2.24) is 0 Å². The summed E-state index contributed by atoms with van der Waals surface area (Å²) >= 11 is 12.2. The molecule has 4 rings (SSSR count). The van der Waals surface area contributed by atoms with Gasteiger partial charge >= 0.3 is 29.6 Å². The standard InChI is InChI=1S/C26H21Cl2N3O6S.Na/c1-3-37-21-11-9-16(13-20(21)28)29-26(33)18-12-15-6-4-5-7-17(15)23(24(18)32)31-30-22-14(2)8-10-19(27)25(22)38(34,35)36;/h4-13,32H,3H2,1-2H3,(H,29,33)(H,34,35,36);/q;+1/p-1. The molecule has 0 aliphatic carbocycles. The molecule has 0 unspecified atom stereocenters. The quantitative estimate of drug-likeness (QED) is 0.189. The van der Waals surface area contributed by atoms with Crippen LogP contribution in [0.15, 0.2) is 75.8 Å². The fourth-order valence-corrected chi connectivity index (χ4v) is 5.18. The number of halogens is 2. The maximum Gasteiger partial charge on any atom is 1.00 e. The monoisotopic (exact) mass is 595 g/mol. The van der Waals surface area contributed by atoms with Crippen LogP contribution < -0.4 is 44.7 Å². The molecule has 0 heterocycles. The summed E-state index contributed by atoms with van der Waals surface area (Å²) in [4.78, 5) is 12.5. The SMILES string of the molecule is CCOc1ccc(NC(=O)c2cc3ccccc3c(N=Nc3c(C)ccc(Cl)c3S(=O)(=O)O)c2[O-])cc1Cl.[Na+]. The molecule has 0 spiro atoms. The van der Waals surface area contributed by atoms with E-state index in [1.54, 1.807) is 43.3 Å². The molecule has 2 N–H and O–H groups in total. The first-order chi connectivity index (χ1) is 18.0. The molecular weight excluding hydrogens is 576 g/mol. The smallest absolute Gasteiger partial charge is 0.870 e. The van der Waals surface area contributed by atoms with Gasteiger partial charge in [0.2, 0.25) is 0 Å². The van der Waals surface area contributed by atoms with Crippen molar-refractivity contribution in [2.45, 2.75) is 18.7 Å². The molecule has 4 aromatic rings. The minimum atomic E-state index is -4.76. The fraction of sp³-hybridized carbons (Fsp3) is 0.115. The number of aryl methyl sites for hydroxylation is 1. The third-order valence-electron chi connectivity index (χ3n) is 5.50. The van der Waals surface area contributed by atoms with Gasteiger partial charge in [-0.3, -0.25) is 9.35 Å². The molecule has 0 aliphatic rings. The Balaban J connectivity index is 0.00000420. The Morgan fingerprint density at radius 1 is 1.03 bits per heavy atom. The van der Waals surface area contributed by atoms with E-state index in [1.165, 1.54) is 24.3 Å². The molecule has 0 aromatic heterocycles. The summed E-state index contributed by atoms with van der Waals surface area (Å²) in [6.07, 6.45) is 0. The molecule has 4 aromatic carbocycles. The van der Waals surface area contributed by atoms with Gasteiger partial charge in [0.05, 0.1) is 22.3 Å². The molecule has 0 fully saturated rings. The first-order valence-electron chi connectivity index (χ1n) is 11.2. The Bertz CT molecular complexity index is 1710. The van der Waals surface area contributed by atoms with Crippen LogP contribution in [0.25, 0.3) is 10.8 Å². The number of ether oxygens (including phenoxy) is 1. The molecule has 9 nitrogen and oxygen atoms in total. The second-order valence-electron chi connectivity index (χ2n) is 8.07. The van der Waals surface area contributed by atoms with Gasteiger partial charge in [0, 0.05) is 16.6 Å². The van der Waals surface area contributed by atoms with Crippen molar-refractivity contribution in [2.24, 2.45) is 10.2 Å². The van der Waals surface area contributed by atoms with Gasteiger partial charge in [-0.05, 0) is 55.1 Å². The van der Waals surface area contributed by atoms with Gasteiger partial charge in [0.1, 0.15) is 16.3 Å². The summed E-state index contributed by atoms with van der Waals surface area (Å²) in [6.45, 7) is 3.77. The van der Waals surface area contributed by atoms with Gasteiger partial charge in [0.15, 0.2) is 0 Å². The number of benzene rings is 4. The van der Waals surface area contributed by atoms with Crippen LogP contribution in [0.1, 0.15) is 22.8 Å². The second kappa shape index (κ2) is 12.6. The Morgan fingerprint density at radius 3 is 2.38 bits per heavy atom. The molecule has 196 valence electrons. The van der Waals surface area contributed by atoms with E-state index in [0.717, 1.165) is 0 Å². The van der Waals surface area contributed by atoms with Gasteiger partial charge in [-0.2, -0.15) is 13.5 Å². The van der Waals surface area contributed by atoms with Gasteiger partial charge < -0.3 is 15.2 Å². The van der Waals surface area contributed by atoms with Crippen LogP contribution in [0, 0.1) is 6.92 Å². The van der Waals surface area contributed by atoms with E-state index < -0.39 is 26.7 Å². The third-order valence-corrected chi connectivity index (χ3v) is 7.15. The van der Waals surface area contributed by atoms with E-state index in [4.69, 9.17) is 27.9 Å². The molecule has 0 saturated heterocycles. The number of amides is 1. The molecule has 0 aliphatic heterocycles. The number of carbonyl (C=O) groups is 1. The maximum atomic E-state index is 13.4. The zero-order chi connectivity index (χ0) is 27.6. The molecule has 0 radical (unpaired) electrons. The molecular formula is C26H20Cl2N3NaO6S. The average molecular weight is 596 g/mol. The van der Waals surface area contributed by atoms with E-state index in [1.807, 2.05) is 6.92 Å². The summed E-state index contributed by atoms with van der Waals surface area (Å²) in [5.41, 5.74) is 0.0248. The Hall–Kier alpha value is -2.70. The first-order valence-corrected chi connectivity index (χ1v) is 13.4. The van der Waals surface area contributed by atoms with E-state index in [0.29, 0.717) is 34.4 Å². The minimum Gasteiger partial charge on any atom is -0.870 e. The molecule has 1 amide bonds. The maximum absolute atomic E-state index is 13.4. The normalized spacial score (nSPS) is 11.4. The third kappa shape index (κ3) is 6.72. The van der Waals surface area contributed by atoms with Crippen LogP contribution in [0.4, 0.5) is 17.1 Å². The first kappa shape index (κ1) is 30.8. The zero-order valence-electron chi connectivity index (χ0n) is 21.0. The average Bonchev–Trinajstić information content (AvgIpc) is 2.86. The van der Waals surface area contributed by atoms with Crippen molar-refractivity contribution in [1.29, 1.82) is 0 Å². The van der Waals surface area contributed by atoms with Gasteiger partial charge in [-0.1, -0.05) is 59.3 Å². The van der Waals surface area contributed by atoms with Crippen LogP contribution in [-0.2, 0) is 10.1 Å². The summed E-state index contributed by atoms with van der Waals surface area (Å²) in [5, 5.41) is 25.0. The number of nitrogens with zero attached hydrogens (tertiary/aromatic N) is 2. The van der Waals surface area contributed by atoms with Crippen molar-refractivity contribution in [3.05, 3.63) is 81.8 Å². The van der Waals surface area contributed by atoms with Crippen molar-refractivity contribution >= 4 is 67.1 Å². The number of fused-ring (bicyclic) bond motifs is 1. The summed E-state index contributed by atoms with van der Waals surface area (Å²) < 4.78 is 39.0. The molecule has 0 bridgehead atoms. The van der Waals surface area contributed by atoms with Crippen molar-refractivity contribution in [3.63, 3.8) is 0 Å². The predicted octanol–water partition coefficient (Wildman–Crippen LogP) is 3.85. The molecule has 0 saturated carbocycles. The van der Waals surface area contributed by atoms with Crippen LogP contribution in [0.2, 0.25) is 10.0 Å². The predicted molar refractivity (Wildman–Crippen MR) is 144 cm³/mol. The number of nitrogens with one attached hydrogen (secondary N) is 1. The molecule has 39 heavy (non-hydrogen) atoms. The van der Waals surface area contributed by atoms with Crippen LogP contribution in [0.3, 0.4) is 0 Å².